The van der Waals surface area contributed by atoms with Gasteiger partial charge in [-0.2, -0.15) is 4.98 Å². The minimum Gasteiger partial charge on any atom is -0.345 e. The third-order valence-corrected chi connectivity index (χ3v) is 4.23. The molecule has 0 saturated heterocycles. The van der Waals surface area contributed by atoms with E-state index >= 15 is 0 Å². The van der Waals surface area contributed by atoms with Crippen molar-refractivity contribution >= 4 is 17.2 Å². The molecule has 0 spiro atoms. The third kappa shape index (κ3) is 2.74. The van der Waals surface area contributed by atoms with Crippen LogP contribution in [0.4, 0.5) is 0 Å². The molecule has 0 aliphatic rings. The van der Waals surface area contributed by atoms with Gasteiger partial charge in [0.25, 0.3) is 5.89 Å². The molecule has 0 N–H and O–H groups in total. The molecule has 25 heavy (non-hydrogen) atoms. The Morgan fingerprint density at radius 1 is 1.08 bits per heavy atom. The number of carbonyl (C=O) groups excluding carboxylic acids is 1. The molecule has 124 valence electrons. The highest BCUT2D eigenvalue weighted by molar-refractivity contribution is 5.84. The minimum absolute atomic E-state index is 0.406. The standard InChI is InChI=1S/C20H17N3O2/c1-13(2)23-9-8-15-11-17(6-7-18(15)23)20-21-19(22-25-20)16-5-3-4-14(10-16)12-24/h3-13H,1-2H3. The van der Waals surface area contributed by atoms with Crippen LogP contribution < -0.4 is 0 Å². The quantitative estimate of drug-likeness (QED) is 0.506. The first-order valence-electron chi connectivity index (χ1n) is 8.16. The van der Waals surface area contributed by atoms with E-state index < -0.39 is 0 Å². The summed E-state index contributed by atoms with van der Waals surface area (Å²) < 4.78 is 7.65. The zero-order valence-corrected chi connectivity index (χ0v) is 14.0. The first-order chi connectivity index (χ1) is 12.2. The molecule has 0 atom stereocenters. The number of nitrogens with zero attached hydrogens (tertiary/aromatic N) is 3. The average Bonchev–Trinajstić information content (AvgIpc) is 3.28. The molecule has 2 heterocycles. The summed E-state index contributed by atoms with van der Waals surface area (Å²) in [5, 5.41) is 5.18. The molecule has 0 aliphatic carbocycles. The van der Waals surface area contributed by atoms with Crippen LogP contribution in [0.25, 0.3) is 33.7 Å². The van der Waals surface area contributed by atoms with Crippen LogP contribution in [0.5, 0.6) is 0 Å². The Morgan fingerprint density at radius 3 is 2.76 bits per heavy atom. The van der Waals surface area contributed by atoms with Gasteiger partial charge in [-0.25, -0.2) is 0 Å². The molecule has 4 aromatic rings. The van der Waals surface area contributed by atoms with E-state index in [1.165, 1.54) is 5.52 Å². The van der Waals surface area contributed by atoms with Crippen LogP contribution >= 0.6 is 0 Å². The van der Waals surface area contributed by atoms with Crippen molar-refractivity contribution in [1.82, 2.24) is 14.7 Å². The second-order valence-electron chi connectivity index (χ2n) is 6.26. The van der Waals surface area contributed by atoms with Crippen LogP contribution in [0.1, 0.15) is 30.2 Å². The van der Waals surface area contributed by atoms with Gasteiger partial charge in [0, 0.05) is 39.8 Å². The Morgan fingerprint density at radius 2 is 1.96 bits per heavy atom. The van der Waals surface area contributed by atoms with E-state index in [4.69, 9.17) is 4.52 Å². The smallest absolute Gasteiger partial charge is 0.258 e. The van der Waals surface area contributed by atoms with Crippen molar-refractivity contribution in [3.8, 4) is 22.8 Å². The van der Waals surface area contributed by atoms with E-state index in [2.05, 4.69) is 46.9 Å². The third-order valence-electron chi connectivity index (χ3n) is 4.23. The van der Waals surface area contributed by atoms with Crippen molar-refractivity contribution in [1.29, 1.82) is 0 Å². The lowest BCUT2D eigenvalue weighted by Gasteiger charge is -2.09. The van der Waals surface area contributed by atoms with Gasteiger partial charge in [0.2, 0.25) is 5.82 Å². The van der Waals surface area contributed by atoms with Crippen LogP contribution in [-0.4, -0.2) is 21.0 Å². The fourth-order valence-corrected chi connectivity index (χ4v) is 2.96. The number of hydrogen-bond donors (Lipinski definition) is 0. The average molecular weight is 331 g/mol. The van der Waals surface area contributed by atoms with Gasteiger partial charge < -0.3 is 9.09 Å². The number of benzene rings is 2. The molecule has 0 fully saturated rings. The van der Waals surface area contributed by atoms with Crippen LogP contribution in [0.3, 0.4) is 0 Å². The van der Waals surface area contributed by atoms with E-state index in [0.717, 1.165) is 22.8 Å². The van der Waals surface area contributed by atoms with Gasteiger partial charge in [0.1, 0.15) is 6.29 Å². The zero-order valence-electron chi connectivity index (χ0n) is 14.0. The molecule has 0 amide bonds. The fraction of sp³-hybridized carbons (Fsp3) is 0.150. The molecular weight excluding hydrogens is 314 g/mol. The highest BCUT2D eigenvalue weighted by atomic mass is 16.5. The predicted octanol–water partition coefficient (Wildman–Crippen LogP) is 4.75. The van der Waals surface area contributed by atoms with Gasteiger partial charge in [-0.1, -0.05) is 23.4 Å². The number of aromatic nitrogens is 3. The largest absolute Gasteiger partial charge is 0.345 e. The van der Waals surface area contributed by atoms with Crippen LogP contribution in [-0.2, 0) is 0 Å². The van der Waals surface area contributed by atoms with Crippen LogP contribution in [0.2, 0.25) is 0 Å². The molecule has 0 unspecified atom stereocenters. The van der Waals surface area contributed by atoms with Crippen molar-refractivity contribution in [3.05, 3.63) is 60.3 Å². The van der Waals surface area contributed by atoms with E-state index in [0.29, 0.717) is 23.3 Å². The maximum absolute atomic E-state index is 10.9. The molecule has 4 rings (SSSR count). The van der Waals surface area contributed by atoms with Gasteiger partial charge in [0.15, 0.2) is 0 Å². The lowest BCUT2D eigenvalue weighted by Crippen LogP contribution is -1.97. The molecule has 0 aliphatic heterocycles. The van der Waals surface area contributed by atoms with E-state index in [1.54, 1.807) is 18.2 Å². The minimum atomic E-state index is 0.406. The molecule has 2 aromatic heterocycles. The maximum Gasteiger partial charge on any atom is 0.258 e. The maximum atomic E-state index is 10.9. The van der Waals surface area contributed by atoms with Crippen molar-refractivity contribution < 1.29 is 9.32 Å². The summed E-state index contributed by atoms with van der Waals surface area (Å²) in [4.78, 5) is 15.4. The van der Waals surface area contributed by atoms with Gasteiger partial charge in [-0.3, -0.25) is 4.79 Å². The summed E-state index contributed by atoms with van der Waals surface area (Å²) in [6.07, 6.45) is 2.89. The van der Waals surface area contributed by atoms with E-state index in [9.17, 15) is 4.79 Å². The molecule has 2 aromatic carbocycles. The first kappa shape index (κ1) is 15.3. The fourth-order valence-electron chi connectivity index (χ4n) is 2.96. The Labute approximate surface area is 144 Å². The predicted molar refractivity (Wildman–Crippen MR) is 96.4 cm³/mol. The first-order valence-corrected chi connectivity index (χ1v) is 8.16. The summed E-state index contributed by atoms with van der Waals surface area (Å²) in [5.41, 5.74) is 3.39. The normalized spacial score (nSPS) is 11.3. The molecule has 0 bridgehead atoms. The number of fused-ring (bicyclic) bond motifs is 1. The second-order valence-corrected chi connectivity index (χ2v) is 6.26. The summed E-state index contributed by atoms with van der Waals surface area (Å²) in [6.45, 7) is 4.32. The number of hydrogen-bond acceptors (Lipinski definition) is 4. The Balaban J connectivity index is 1.72. The SMILES string of the molecule is CC(C)n1ccc2cc(-c3nc(-c4cccc(C=O)c4)no3)ccc21. The molecule has 0 saturated carbocycles. The van der Waals surface area contributed by atoms with Gasteiger partial charge in [-0.15, -0.1) is 0 Å². The number of rotatable bonds is 4. The highest BCUT2D eigenvalue weighted by Gasteiger charge is 2.13. The topological polar surface area (TPSA) is 60.9 Å². The summed E-state index contributed by atoms with van der Waals surface area (Å²) in [5.74, 6) is 0.934. The van der Waals surface area contributed by atoms with Crippen LogP contribution in [0, 0.1) is 0 Å². The van der Waals surface area contributed by atoms with Gasteiger partial charge in [-0.05, 0) is 44.2 Å². The lowest BCUT2D eigenvalue weighted by molar-refractivity contribution is 0.112. The lowest BCUT2D eigenvalue weighted by atomic mass is 10.1. The van der Waals surface area contributed by atoms with Crippen molar-refractivity contribution in [2.45, 2.75) is 19.9 Å². The monoisotopic (exact) mass is 331 g/mol. The van der Waals surface area contributed by atoms with E-state index in [-0.39, 0.29) is 0 Å². The van der Waals surface area contributed by atoms with Gasteiger partial charge >= 0.3 is 0 Å². The Kier molecular flexibility index (Phi) is 3.69. The van der Waals surface area contributed by atoms with Crippen molar-refractivity contribution in [2.24, 2.45) is 0 Å². The summed E-state index contributed by atoms with van der Waals surface area (Å²) in [7, 11) is 0. The molecule has 5 heteroatoms. The zero-order chi connectivity index (χ0) is 17.4. The molecule has 0 radical (unpaired) electrons. The number of carbonyl (C=O) groups is 1. The van der Waals surface area contributed by atoms with Crippen molar-refractivity contribution in [2.75, 3.05) is 0 Å². The van der Waals surface area contributed by atoms with Crippen LogP contribution in [0.15, 0.2) is 59.3 Å². The number of aldehydes is 1. The van der Waals surface area contributed by atoms with E-state index in [1.807, 2.05) is 18.2 Å². The summed E-state index contributed by atoms with van der Waals surface area (Å²) in [6, 6.07) is 15.7. The highest BCUT2D eigenvalue weighted by Crippen LogP contribution is 2.27. The molecule has 5 nitrogen and oxygen atoms in total. The Bertz CT molecular complexity index is 1060. The summed E-state index contributed by atoms with van der Waals surface area (Å²) >= 11 is 0. The van der Waals surface area contributed by atoms with Crippen molar-refractivity contribution in [3.63, 3.8) is 0 Å². The Hall–Kier alpha value is -3.21. The van der Waals surface area contributed by atoms with Gasteiger partial charge in [0.05, 0.1) is 0 Å². The second kappa shape index (κ2) is 6.02. The molecular formula is C20H17N3O2.